The topological polar surface area (TPSA) is 41.6 Å². The summed E-state index contributed by atoms with van der Waals surface area (Å²) >= 11 is 5.89. The van der Waals surface area contributed by atoms with Gasteiger partial charge in [0.15, 0.2) is 0 Å². The lowest BCUT2D eigenvalue weighted by atomic mass is 10.1. The summed E-state index contributed by atoms with van der Waals surface area (Å²) in [4.78, 5) is 4.68. The highest BCUT2D eigenvalue weighted by Crippen LogP contribution is 2.41. The van der Waals surface area contributed by atoms with Crippen molar-refractivity contribution in [1.82, 2.24) is 9.55 Å². The Hall–Kier alpha value is -1.53. The second-order valence-corrected chi connectivity index (χ2v) is 5.61. The Morgan fingerprint density at radius 1 is 1.53 bits per heavy atom. The molecule has 19 heavy (non-hydrogen) atoms. The number of halogens is 1. The molecule has 1 heterocycles. The SMILES string of the molecule is CC(C1CC1)n1c(CCCl)nc2ccc(C#N)cc21. The molecule has 0 aliphatic heterocycles. The molecule has 1 aliphatic rings. The molecule has 0 N–H and O–H groups in total. The molecule has 0 bridgehead atoms. The zero-order valence-electron chi connectivity index (χ0n) is 10.9. The standard InChI is InChI=1S/C15H16ClN3/c1-10(12-3-4-12)19-14-8-11(9-17)2-5-13(14)18-15(19)6-7-16/h2,5,8,10,12H,3-4,6-7H2,1H3. The average molecular weight is 274 g/mol. The quantitative estimate of drug-likeness (QED) is 0.798. The van der Waals surface area contributed by atoms with E-state index in [-0.39, 0.29) is 0 Å². The highest BCUT2D eigenvalue weighted by molar-refractivity contribution is 6.17. The Labute approximate surface area is 117 Å². The van der Waals surface area contributed by atoms with Gasteiger partial charge in [0.05, 0.1) is 22.7 Å². The molecule has 3 rings (SSSR count). The number of rotatable bonds is 4. The number of hydrogen-bond acceptors (Lipinski definition) is 2. The molecular formula is C15H16ClN3. The van der Waals surface area contributed by atoms with Crippen molar-refractivity contribution < 1.29 is 0 Å². The van der Waals surface area contributed by atoms with Crippen LogP contribution in [0.2, 0.25) is 0 Å². The maximum Gasteiger partial charge on any atom is 0.111 e. The Morgan fingerprint density at radius 3 is 2.95 bits per heavy atom. The summed E-state index contributed by atoms with van der Waals surface area (Å²) in [6, 6.07) is 8.35. The molecule has 1 fully saturated rings. The van der Waals surface area contributed by atoms with Gasteiger partial charge in [-0.1, -0.05) is 0 Å². The van der Waals surface area contributed by atoms with E-state index in [1.807, 2.05) is 18.2 Å². The van der Waals surface area contributed by atoms with E-state index in [4.69, 9.17) is 16.9 Å². The van der Waals surface area contributed by atoms with Crippen LogP contribution in [0.5, 0.6) is 0 Å². The summed E-state index contributed by atoms with van der Waals surface area (Å²) in [5.74, 6) is 2.36. The van der Waals surface area contributed by atoms with E-state index in [1.165, 1.54) is 12.8 Å². The van der Waals surface area contributed by atoms with E-state index in [0.29, 0.717) is 17.5 Å². The van der Waals surface area contributed by atoms with Crippen LogP contribution in [0.1, 0.15) is 37.2 Å². The number of hydrogen-bond donors (Lipinski definition) is 0. The number of fused-ring (bicyclic) bond motifs is 1. The zero-order chi connectivity index (χ0) is 13.4. The first-order chi connectivity index (χ1) is 9.24. The van der Waals surface area contributed by atoms with Crippen molar-refractivity contribution in [2.45, 2.75) is 32.2 Å². The van der Waals surface area contributed by atoms with Gasteiger partial charge in [0.25, 0.3) is 0 Å². The highest BCUT2D eigenvalue weighted by atomic mass is 35.5. The van der Waals surface area contributed by atoms with Crippen molar-refractivity contribution in [3.05, 3.63) is 29.6 Å². The molecule has 3 nitrogen and oxygen atoms in total. The van der Waals surface area contributed by atoms with Crippen molar-refractivity contribution in [1.29, 1.82) is 5.26 Å². The van der Waals surface area contributed by atoms with Gasteiger partial charge in [-0.2, -0.15) is 5.26 Å². The minimum absolute atomic E-state index is 0.442. The van der Waals surface area contributed by atoms with Gasteiger partial charge in [0, 0.05) is 18.3 Å². The van der Waals surface area contributed by atoms with Crippen LogP contribution in [0.4, 0.5) is 0 Å². The van der Waals surface area contributed by atoms with Gasteiger partial charge in [-0.25, -0.2) is 4.98 Å². The third-order valence-corrected chi connectivity index (χ3v) is 4.11. The third kappa shape index (κ3) is 2.21. The van der Waals surface area contributed by atoms with E-state index in [9.17, 15) is 0 Å². The predicted octanol–water partition coefficient (Wildman–Crippen LogP) is 3.66. The van der Waals surface area contributed by atoms with E-state index in [1.54, 1.807) is 0 Å². The van der Waals surface area contributed by atoms with Crippen molar-refractivity contribution >= 4 is 22.6 Å². The summed E-state index contributed by atoms with van der Waals surface area (Å²) in [6.07, 6.45) is 3.35. The van der Waals surface area contributed by atoms with E-state index >= 15 is 0 Å². The summed E-state index contributed by atoms with van der Waals surface area (Å²) in [5, 5.41) is 9.06. The second-order valence-electron chi connectivity index (χ2n) is 5.23. The van der Waals surface area contributed by atoms with Crippen LogP contribution in [0, 0.1) is 17.2 Å². The number of aryl methyl sites for hydroxylation is 1. The van der Waals surface area contributed by atoms with Crippen molar-refractivity contribution in [3.8, 4) is 6.07 Å². The number of nitriles is 1. The summed E-state index contributed by atoms with van der Waals surface area (Å²) in [7, 11) is 0. The van der Waals surface area contributed by atoms with Crippen LogP contribution in [0.15, 0.2) is 18.2 Å². The first kappa shape index (κ1) is 12.5. The smallest absolute Gasteiger partial charge is 0.111 e. The van der Waals surface area contributed by atoms with Crippen LogP contribution in [0.25, 0.3) is 11.0 Å². The molecule has 0 radical (unpaired) electrons. The second kappa shape index (κ2) is 4.86. The largest absolute Gasteiger partial charge is 0.325 e. The molecule has 1 saturated carbocycles. The van der Waals surface area contributed by atoms with Crippen molar-refractivity contribution in [2.75, 3.05) is 5.88 Å². The lowest BCUT2D eigenvalue weighted by Gasteiger charge is -2.16. The van der Waals surface area contributed by atoms with Crippen LogP contribution in [-0.4, -0.2) is 15.4 Å². The van der Waals surface area contributed by atoms with Crippen LogP contribution in [-0.2, 0) is 6.42 Å². The number of nitrogens with zero attached hydrogens (tertiary/aromatic N) is 3. The highest BCUT2D eigenvalue weighted by Gasteiger charge is 2.31. The minimum atomic E-state index is 0.442. The van der Waals surface area contributed by atoms with Crippen LogP contribution in [0.3, 0.4) is 0 Å². The van der Waals surface area contributed by atoms with E-state index in [0.717, 1.165) is 29.2 Å². The predicted molar refractivity (Wildman–Crippen MR) is 76.3 cm³/mol. The van der Waals surface area contributed by atoms with Gasteiger partial charge in [0.1, 0.15) is 5.82 Å². The van der Waals surface area contributed by atoms with E-state index in [2.05, 4.69) is 22.5 Å². The van der Waals surface area contributed by atoms with Gasteiger partial charge in [-0.3, -0.25) is 0 Å². The molecule has 0 spiro atoms. The molecule has 1 aromatic heterocycles. The normalized spacial score (nSPS) is 16.5. The molecule has 0 saturated heterocycles. The first-order valence-electron chi connectivity index (χ1n) is 6.71. The van der Waals surface area contributed by atoms with Crippen LogP contribution < -0.4 is 0 Å². The Bertz CT molecular complexity index is 649. The van der Waals surface area contributed by atoms with Gasteiger partial charge in [0.2, 0.25) is 0 Å². The number of alkyl halides is 1. The van der Waals surface area contributed by atoms with Crippen LogP contribution >= 0.6 is 11.6 Å². The molecule has 98 valence electrons. The maximum atomic E-state index is 9.06. The molecule has 1 atom stereocenters. The average Bonchev–Trinajstić information content (AvgIpc) is 3.20. The first-order valence-corrected chi connectivity index (χ1v) is 7.25. The fraction of sp³-hybridized carbons (Fsp3) is 0.467. The monoisotopic (exact) mass is 273 g/mol. The number of aromatic nitrogens is 2. The lowest BCUT2D eigenvalue weighted by Crippen LogP contribution is -2.11. The summed E-state index contributed by atoms with van der Waals surface area (Å²) in [6.45, 7) is 2.25. The maximum absolute atomic E-state index is 9.06. The van der Waals surface area contributed by atoms with Gasteiger partial charge < -0.3 is 4.57 Å². The Balaban J connectivity index is 2.17. The molecule has 0 amide bonds. The molecule has 1 unspecified atom stereocenters. The van der Waals surface area contributed by atoms with Gasteiger partial charge in [-0.15, -0.1) is 11.6 Å². The molecule has 1 aliphatic carbocycles. The Morgan fingerprint density at radius 2 is 2.32 bits per heavy atom. The molecule has 4 heteroatoms. The lowest BCUT2D eigenvalue weighted by molar-refractivity contribution is 0.482. The molecular weight excluding hydrogens is 258 g/mol. The third-order valence-electron chi connectivity index (χ3n) is 3.92. The fourth-order valence-electron chi connectivity index (χ4n) is 2.72. The molecule has 2 aromatic rings. The van der Waals surface area contributed by atoms with Crippen molar-refractivity contribution in [3.63, 3.8) is 0 Å². The Kier molecular flexibility index (Phi) is 3.20. The van der Waals surface area contributed by atoms with Crippen molar-refractivity contribution in [2.24, 2.45) is 5.92 Å². The van der Waals surface area contributed by atoms with Gasteiger partial charge >= 0.3 is 0 Å². The summed E-state index contributed by atoms with van der Waals surface area (Å²) in [5.41, 5.74) is 2.72. The fourth-order valence-corrected chi connectivity index (χ4v) is 2.89. The summed E-state index contributed by atoms with van der Waals surface area (Å²) < 4.78 is 2.29. The molecule has 1 aromatic carbocycles. The minimum Gasteiger partial charge on any atom is -0.325 e. The van der Waals surface area contributed by atoms with E-state index < -0.39 is 0 Å². The number of benzene rings is 1. The zero-order valence-corrected chi connectivity index (χ0v) is 11.7. The van der Waals surface area contributed by atoms with Gasteiger partial charge in [-0.05, 0) is 43.9 Å². The number of imidazole rings is 1.